The molecular formula is C30H34ClN7O3S. The number of hydrogen-bond acceptors (Lipinski definition) is 8. The van der Waals surface area contributed by atoms with Crippen LogP contribution in [0.2, 0.25) is 5.02 Å². The predicted octanol–water partition coefficient (Wildman–Crippen LogP) is 5.18. The molecule has 10 nitrogen and oxygen atoms in total. The number of ether oxygens (including phenoxy) is 1. The fourth-order valence-corrected chi connectivity index (χ4v) is 7.10. The molecule has 12 heteroatoms. The van der Waals surface area contributed by atoms with Crippen LogP contribution in [-0.2, 0) is 14.8 Å². The van der Waals surface area contributed by atoms with Crippen molar-refractivity contribution in [1.82, 2.24) is 24.7 Å². The molecule has 6 rings (SSSR count). The molecule has 1 saturated heterocycles. The van der Waals surface area contributed by atoms with Gasteiger partial charge in [0, 0.05) is 23.2 Å². The Balaban J connectivity index is 1.36. The lowest BCUT2D eigenvalue weighted by Gasteiger charge is -2.33. The predicted molar refractivity (Wildman–Crippen MR) is 165 cm³/mol. The third-order valence-corrected chi connectivity index (χ3v) is 9.64. The number of nitrogens with two attached hydrogens (primary N) is 1. The number of imidazole rings is 1. The highest BCUT2D eigenvalue weighted by molar-refractivity contribution is 7.92. The third-order valence-electron chi connectivity index (χ3n) is 7.78. The van der Waals surface area contributed by atoms with E-state index in [0.29, 0.717) is 29.3 Å². The quantitative estimate of drug-likeness (QED) is 0.249. The first-order chi connectivity index (χ1) is 20.1. The maximum atomic E-state index is 13.0. The maximum Gasteiger partial charge on any atom is 0.264 e. The number of sulfonamides is 1. The van der Waals surface area contributed by atoms with E-state index in [1.165, 1.54) is 17.7 Å². The minimum atomic E-state index is -3.93. The van der Waals surface area contributed by atoms with Crippen molar-refractivity contribution in [2.75, 3.05) is 23.7 Å². The number of allylic oxidation sites excluding steroid dienone is 1. The zero-order chi connectivity index (χ0) is 29.6. The molecule has 0 spiro atoms. The molecule has 1 fully saturated rings. The topological polar surface area (TPSA) is 137 Å². The van der Waals surface area contributed by atoms with E-state index in [-0.39, 0.29) is 21.7 Å². The van der Waals surface area contributed by atoms with Gasteiger partial charge in [0.2, 0.25) is 0 Å². The van der Waals surface area contributed by atoms with Crippen molar-refractivity contribution in [1.29, 1.82) is 0 Å². The van der Waals surface area contributed by atoms with Gasteiger partial charge in [0.15, 0.2) is 0 Å². The van der Waals surface area contributed by atoms with Gasteiger partial charge >= 0.3 is 0 Å². The van der Waals surface area contributed by atoms with E-state index in [1.54, 1.807) is 18.2 Å². The van der Waals surface area contributed by atoms with Crippen LogP contribution in [0.15, 0.2) is 53.6 Å². The number of nitrogens with zero attached hydrogens (tertiary/aromatic N) is 4. The summed E-state index contributed by atoms with van der Waals surface area (Å²) < 4.78 is 35.9. The van der Waals surface area contributed by atoms with E-state index < -0.39 is 10.0 Å². The summed E-state index contributed by atoms with van der Waals surface area (Å²) in [4.78, 5) is 14.2. The van der Waals surface area contributed by atoms with E-state index in [0.717, 1.165) is 55.1 Å². The molecule has 2 aliphatic rings. The van der Waals surface area contributed by atoms with Crippen molar-refractivity contribution < 1.29 is 13.2 Å². The number of anilines is 2. The minimum Gasteiger partial charge on any atom is -0.382 e. The molecule has 4 aromatic rings. The number of benzene rings is 1. The Morgan fingerprint density at radius 1 is 1.12 bits per heavy atom. The molecule has 1 unspecified atom stereocenters. The van der Waals surface area contributed by atoms with Crippen molar-refractivity contribution >= 4 is 44.3 Å². The molecule has 1 aromatic carbocycles. The van der Waals surface area contributed by atoms with E-state index >= 15 is 0 Å². The number of pyridine rings is 1. The van der Waals surface area contributed by atoms with Crippen LogP contribution in [0.25, 0.3) is 22.3 Å². The third kappa shape index (κ3) is 5.37. The maximum absolute atomic E-state index is 13.0. The lowest BCUT2D eigenvalue weighted by atomic mass is 9.92. The summed E-state index contributed by atoms with van der Waals surface area (Å²) >= 11 is 6.13. The van der Waals surface area contributed by atoms with Crippen molar-refractivity contribution in [3.8, 4) is 11.3 Å². The largest absolute Gasteiger partial charge is 0.382 e. The smallest absolute Gasteiger partial charge is 0.264 e. The zero-order valence-electron chi connectivity index (χ0n) is 23.8. The number of fused-ring (bicyclic) bond motifs is 1. The summed E-state index contributed by atoms with van der Waals surface area (Å²) in [6.45, 7) is 7.60. The Morgan fingerprint density at radius 3 is 2.55 bits per heavy atom. The van der Waals surface area contributed by atoms with Crippen molar-refractivity contribution in [2.45, 2.75) is 62.9 Å². The molecule has 0 radical (unpaired) electrons. The van der Waals surface area contributed by atoms with Crippen LogP contribution >= 0.6 is 11.6 Å². The molecule has 3 aromatic heterocycles. The first kappa shape index (κ1) is 28.6. The Labute approximate surface area is 250 Å². The molecule has 1 aliphatic heterocycles. The molecule has 1 aliphatic carbocycles. The van der Waals surface area contributed by atoms with Gasteiger partial charge in [-0.1, -0.05) is 43.7 Å². The average molecular weight is 608 g/mol. The normalized spacial score (nSPS) is 17.8. The molecule has 1 atom stereocenters. The van der Waals surface area contributed by atoms with Crippen molar-refractivity contribution in [3.63, 3.8) is 0 Å². The van der Waals surface area contributed by atoms with Gasteiger partial charge in [-0.05, 0) is 56.0 Å². The molecule has 0 amide bonds. The first-order valence-corrected chi connectivity index (χ1v) is 15.9. The Bertz CT molecular complexity index is 1800. The van der Waals surface area contributed by atoms with E-state index in [2.05, 4.69) is 44.3 Å². The minimum absolute atomic E-state index is 0.0144. The van der Waals surface area contributed by atoms with Crippen LogP contribution in [0.1, 0.15) is 56.2 Å². The number of nitrogen functional groups attached to an aromatic ring is 1. The Hall–Kier alpha value is -3.51. The summed E-state index contributed by atoms with van der Waals surface area (Å²) in [6, 6.07) is 10.6. The molecule has 4 N–H and O–H groups in total. The van der Waals surface area contributed by atoms with Crippen LogP contribution in [0.3, 0.4) is 0 Å². The number of aryl methyl sites for hydroxylation is 1. The lowest BCUT2D eigenvalue weighted by Crippen LogP contribution is -2.50. The molecule has 220 valence electrons. The van der Waals surface area contributed by atoms with Crippen molar-refractivity contribution in [2.24, 2.45) is 0 Å². The second kappa shape index (κ2) is 11.3. The highest BCUT2D eigenvalue weighted by Gasteiger charge is 2.27. The van der Waals surface area contributed by atoms with Gasteiger partial charge in [-0.2, -0.15) is 0 Å². The SMILES string of the molecule is Cc1nc(NS(=O)(=O)c2ccccc2Cl)ccc1-c1nc(C(C)C)n2c(C3=CCC(NC4COC4)CC3)cnc(N)c12. The van der Waals surface area contributed by atoms with Gasteiger partial charge in [-0.15, -0.1) is 0 Å². The van der Waals surface area contributed by atoms with E-state index in [9.17, 15) is 8.42 Å². The van der Waals surface area contributed by atoms with Crippen LogP contribution < -0.4 is 15.8 Å². The summed E-state index contributed by atoms with van der Waals surface area (Å²) in [5.41, 5.74) is 11.4. The average Bonchev–Trinajstić information content (AvgIpc) is 3.33. The second-order valence-electron chi connectivity index (χ2n) is 11.2. The standard InChI is InChI=1S/C30H34ClN7O3S/c1-17(2)30-36-27(22-12-13-26(34-18(22)3)37-42(39,40)25-7-5-4-6-23(25)31)28-29(32)33-14-24(38(28)30)19-8-10-20(11-9-19)35-21-15-41-16-21/h4-8,12-14,17,20-21,35H,9-11,15-16H2,1-3H3,(H2,32,33)(H,34,37). The van der Waals surface area contributed by atoms with Crippen LogP contribution in [-0.4, -0.2) is 53.1 Å². The van der Waals surface area contributed by atoms with Gasteiger partial charge in [-0.3, -0.25) is 9.12 Å². The van der Waals surface area contributed by atoms with Gasteiger partial charge < -0.3 is 15.8 Å². The van der Waals surface area contributed by atoms with Crippen LogP contribution in [0, 0.1) is 6.92 Å². The van der Waals surface area contributed by atoms with Gasteiger partial charge in [0.1, 0.15) is 33.6 Å². The zero-order valence-corrected chi connectivity index (χ0v) is 25.3. The van der Waals surface area contributed by atoms with Crippen LogP contribution in [0.4, 0.5) is 11.6 Å². The van der Waals surface area contributed by atoms with Gasteiger partial charge in [0.05, 0.1) is 36.2 Å². The van der Waals surface area contributed by atoms with E-state index in [1.807, 2.05) is 19.2 Å². The number of rotatable bonds is 8. The number of nitrogens with one attached hydrogen (secondary N) is 2. The number of aromatic nitrogens is 4. The summed E-state index contributed by atoms with van der Waals surface area (Å²) in [5, 5.41) is 3.82. The number of halogens is 1. The summed E-state index contributed by atoms with van der Waals surface area (Å²) in [7, 11) is -3.93. The fraction of sp³-hybridized carbons (Fsp3) is 0.367. The molecular weight excluding hydrogens is 574 g/mol. The fourth-order valence-electron chi connectivity index (χ4n) is 5.58. The highest BCUT2D eigenvalue weighted by atomic mass is 35.5. The van der Waals surface area contributed by atoms with Crippen LogP contribution in [0.5, 0.6) is 0 Å². The molecule has 42 heavy (non-hydrogen) atoms. The Morgan fingerprint density at radius 2 is 1.90 bits per heavy atom. The van der Waals surface area contributed by atoms with E-state index in [4.69, 9.17) is 27.1 Å². The molecule has 4 heterocycles. The Kier molecular flexibility index (Phi) is 7.69. The second-order valence-corrected chi connectivity index (χ2v) is 13.2. The van der Waals surface area contributed by atoms with Gasteiger partial charge in [0.25, 0.3) is 10.0 Å². The lowest BCUT2D eigenvalue weighted by molar-refractivity contribution is -0.0103. The van der Waals surface area contributed by atoms with Gasteiger partial charge in [-0.25, -0.2) is 23.4 Å². The number of hydrogen-bond donors (Lipinski definition) is 3. The molecule has 0 bridgehead atoms. The first-order valence-electron chi connectivity index (χ1n) is 14.1. The van der Waals surface area contributed by atoms with Crippen molar-refractivity contribution in [3.05, 3.63) is 70.9 Å². The molecule has 0 saturated carbocycles. The monoisotopic (exact) mass is 607 g/mol. The summed E-state index contributed by atoms with van der Waals surface area (Å²) in [5.74, 6) is 1.54. The highest BCUT2D eigenvalue weighted by Crippen LogP contribution is 2.37. The summed E-state index contributed by atoms with van der Waals surface area (Å²) in [6.07, 6.45) is 7.02.